The number of methoxy groups -OCH3 is 1. The van der Waals surface area contributed by atoms with Gasteiger partial charge >= 0.3 is 5.97 Å². The summed E-state index contributed by atoms with van der Waals surface area (Å²) in [5, 5.41) is 3.40. The Morgan fingerprint density at radius 1 is 1.00 bits per heavy atom. The normalized spacial score (nSPS) is 19.7. The maximum absolute atomic E-state index is 13.7. The molecule has 0 spiro atoms. The van der Waals surface area contributed by atoms with Crippen LogP contribution in [0.25, 0.3) is 0 Å². The van der Waals surface area contributed by atoms with E-state index >= 15 is 0 Å². The molecule has 2 aromatic carbocycles. The van der Waals surface area contributed by atoms with Crippen molar-refractivity contribution in [3.63, 3.8) is 0 Å². The van der Waals surface area contributed by atoms with E-state index in [0.717, 1.165) is 40.4 Å². The Morgan fingerprint density at radius 2 is 1.64 bits per heavy atom. The molecular formula is C30H35NO5. The summed E-state index contributed by atoms with van der Waals surface area (Å²) in [7, 11) is 1.64. The molecule has 1 N–H and O–H groups in total. The fourth-order valence-corrected chi connectivity index (χ4v) is 5.01. The molecule has 1 aliphatic heterocycles. The lowest BCUT2D eigenvalue weighted by Crippen LogP contribution is -2.36. The third-order valence-electron chi connectivity index (χ3n) is 6.66. The van der Waals surface area contributed by atoms with Crippen molar-refractivity contribution in [2.75, 3.05) is 13.7 Å². The van der Waals surface area contributed by atoms with Gasteiger partial charge in [0.15, 0.2) is 5.78 Å². The Bertz CT molecular complexity index is 1170. The summed E-state index contributed by atoms with van der Waals surface area (Å²) in [6.07, 6.45) is 1.72. The number of hydrogen-bond acceptors (Lipinski definition) is 6. The van der Waals surface area contributed by atoms with Crippen LogP contribution in [-0.2, 0) is 14.3 Å². The Kier molecular flexibility index (Phi) is 7.82. The van der Waals surface area contributed by atoms with E-state index in [1.54, 1.807) is 7.11 Å². The van der Waals surface area contributed by atoms with Crippen LogP contribution in [-0.4, -0.2) is 31.6 Å². The van der Waals surface area contributed by atoms with Crippen molar-refractivity contribution in [1.82, 2.24) is 5.32 Å². The number of ketones is 1. The Hall–Kier alpha value is -3.54. The lowest BCUT2D eigenvalue weighted by molar-refractivity contribution is -0.143. The summed E-state index contributed by atoms with van der Waals surface area (Å²) in [5.74, 6) is 0.765. The minimum atomic E-state index is -0.489. The second-order valence-corrected chi connectivity index (χ2v) is 9.66. The molecule has 4 rings (SSSR count). The fourth-order valence-electron chi connectivity index (χ4n) is 5.01. The standard InChI is InChI=1S/C30H35NO5/c1-6-15-35-24-13-9-21(10-14-24)28-27(30(33)36-18(2)3)19(4)31-25-16-22(17-26(32)29(25)28)20-7-11-23(34-5)12-8-20/h7-14,18,22,28,31H,6,15-17H2,1-5H3/t22-,28-/m0/s1. The second-order valence-electron chi connectivity index (χ2n) is 9.66. The number of rotatable bonds is 8. The highest BCUT2D eigenvalue weighted by Crippen LogP contribution is 2.46. The first-order chi connectivity index (χ1) is 17.3. The average molecular weight is 490 g/mol. The summed E-state index contributed by atoms with van der Waals surface area (Å²) in [6.45, 7) is 8.24. The van der Waals surface area contributed by atoms with E-state index in [9.17, 15) is 9.59 Å². The first-order valence-corrected chi connectivity index (χ1v) is 12.6. The van der Waals surface area contributed by atoms with Crippen LogP contribution in [0.5, 0.6) is 11.5 Å². The smallest absolute Gasteiger partial charge is 0.337 e. The van der Waals surface area contributed by atoms with Gasteiger partial charge in [-0.3, -0.25) is 4.79 Å². The molecule has 0 bridgehead atoms. The van der Waals surface area contributed by atoms with Crippen molar-refractivity contribution >= 4 is 11.8 Å². The molecule has 1 aliphatic carbocycles. The van der Waals surface area contributed by atoms with Gasteiger partial charge in [0, 0.05) is 29.3 Å². The summed E-state index contributed by atoms with van der Waals surface area (Å²) in [4.78, 5) is 27.0. The summed E-state index contributed by atoms with van der Waals surface area (Å²) in [6, 6.07) is 15.6. The van der Waals surface area contributed by atoms with Gasteiger partial charge in [-0.25, -0.2) is 4.79 Å². The first kappa shape index (κ1) is 25.5. The third-order valence-corrected chi connectivity index (χ3v) is 6.66. The van der Waals surface area contributed by atoms with E-state index in [4.69, 9.17) is 14.2 Å². The van der Waals surface area contributed by atoms with Crippen LogP contribution in [0.1, 0.15) is 69.9 Å². The SMILES string of the molecule is CCCOc1ccc([C@H]2C(C(=O)OC(C)C)=C(C)NC3=C2C(=O)C[C@@H](c2ccc(OC)cc2)C3)cc1. The number of esters is 1. The van der Waals surface area contributed by atoms with Crippen molar-refractivity contribution in [2.45, 2.75) is 64.9 Å². The molecule has 2 atom stereocenters. The number of Topliss-reactive ketones (excluding diaryl/α,β-unsaturated/α-hetero) is 1. The molecule has 36 heavy (non-hydrogen) atoms. The van der Waals surface area contributed by atoms with E-state index < -0.39 is 11.9 Å². The third kappa shape index (κ3) is 5.32. The van der Waals surface area contributed by atoms with Gasteiger partial charge < -0.3 is 19.5 Å². The zero-order chi connectivity index (χ0) is 25.8. The van der Waals surface area contributed by atoms with Gasteiger partial charge in [-0.15, -0.1) is 0 Å². The van der Waals surface area contributed by atoms with E-state index in [1.807, 2.05) is 69.3 Å². The Balaban J connectivity index is 1.73. The maximum atomic E-state index is 13.7. The van der Waals surface area contributed by atoms with Crippen LogP contribution in [0.15, 0.2) is 71.1 Å². The number of dihydropyridines is 1. The molecule has 190 valence electrons. The van der Waals surface area contributed by atoms with E-state index in [-0.39, 0.29) is 17.8 Å². The number of hydrogen-bond donors (Lipinski definition) is 1. The maximum Gasteiger partial charge on any atom is 0.337 e. The number of benzene rings is 2. The van der Waals surface area contributed by atoms with Crippen LogP contribution in [0, 0.1) is 0 Å². The quantitative estimate of drug-likeness (QED) is 0.473. The highest BCUT2D eigenvalue weighted by Gasteiger charge is 2.41. The van der Waals surface area contributed by atoms with E-state index in [0.29, 0.717) is 30.6 Å². The molecule has 0 aromatic heterocycles. The van der Waals surface area contributed by atoms with Crippen LogP contribution >= 0.6 is 0 Å². The highest BCUT2D eigenvalue weighted by atomic mass is 16.5. The number of allylic oxidation sites excluding steroid dienone is 3. The Labute approximate surface area is 213 Å². The van der Waals surface area contributed by atoms with Crippen LogP contribution in [0.3, 0.4) is 0 Å². The summed E-state index contributed by atoms with van der Waals surface area (Å²) < 4.78 is 16.6. The first-order valence-electron chi connectivity index (χ1n) is 12.6. The van der Waals surface area contributed by atoms with Gasteiger partial charge in [0.2, 0.25) is 0 Å². The minimum absolute atomic E-state index is 0.0447. The fraction of sp³-hybridized carbons (Fsp3) is 0.400. The van der Waals surface area contributed by atoms with Crippen LogP contribution in [0.2, 0.25) is 0 Å². The predicted octanol–water partition coefficient (Wildman–Crippen LogP) is 5.80. The van der Waals surface area contributed by atoms with Crippen molar-refractivity contribution in [3.8, 4) is 11.5 Å². The predicted molar refractivity (Wildman–Crippen MR) is 139 cm³/mol. The molecule has 0 radical (unpaired) electrons. The molecule has 2 aliphatic rings. The molecule has 0 amide bonds. The molecule has 0 saturated heterocycles. The zero-order valence-electron chi connectivity index (χ0n) is 21.7. The summed E-state index contributed by atoms with van der Waals surface area (Å²) in [5.41, 5.74) is 4.71. The lowest BCUT2D eigenvalue weighted by atomic mass is 9.71. The number of carbonyl (C=O) groups is 2. The van der Waals surface area contributed by atoms with Gasteiger partial charge in [0.1, 0.15) is 11.5 Å². The van der Waals surface area contributed by atoms with Crippen molar-refractivity contribution in [2.24, 2.45) is 0 Å². The monoisotopic (exact) mass is 489 g/mol. The van der Waals surface area contributed by atoms with E-state index in [2.05, 4.69) is 12.2 Å². The molecule has 1 heterocycles. The van der Waals surface area contributed by atoms with Gasteiger partial charge in [-0.05, 0) is 74.9 Å². The molecule has 6 heteroatoms. The van der Waals surface area contributed by atoms with Crippen molar-refractivity contribution < 1.29 is 23.8 Å². The Morgan fingerprint density at radius 3 is 2.25 bits per heavy atom. The van der Waals surface area contributed by atoms with Crippen LogP contribution < -0.4 is 14.8 Å². The average Bonchev–Trinajstić information content (AvgIpc) is 2.86. The molecule has 0 fully saturated rings. The molecule has 2 aromatic rings. The zero-order valence-corrected chi connectivity index (χ0v) is 21.7. The van der Waals surface area contributed by atoms with Gasteiger partial charge in [-0.2, -0.15) is 0 Å². The largest absolute Gasteiger partial charge is 0.497 e. The molecule has 6 nitrogen and oxygen atoms in total. The number of ether oxygens (including phenoxy) is 3. The highest BCUT2D eigenvalue weighted by molar-refractivity contribution is 6.04. The molecule has 0 saturated carbocycles. The van der Waals surface area contributed by atoms with Crippen LogP contribution in [0.4, 0.5) is 0 Å². The number of nitrogens with one attached hydrogen (secondary N) is 1. The van der Waals surface area contributed by atoms with Crippen molar-refractivity contribution in [1.29, 1.82) is 0 Å². The van der Waals surface area contributed by atoms with Gasteiger partial charge in [0.05, 0.1) is 25.4 Å². The second kappa shape index (κ2) is 11.0. The van der Waals surface area contributed by atoms with Gasteiger partial charge in [-0.1, -0.05) is 31.2 Å². The molecular weight excluding hydrogens is 454 g/mol. The number of carbonyl (C=O) groups excluding carboxylic acids is 2. The van der Waals surface area contributed by atoms with Crippen molar-refractivity contribution in [3.05, 3.63) is 82.2 Å². The lowest BCUT2D eigenvalue weighted by Gasteiger charge is -2.37. The minimum Gasteiger partial charge on any atom is -0.497 e. The summed E-state index contributed by atoms with van der Waals surface area (Å²) >= 11 is 0. The van der Waals surface area contributed by atoms with E-state index in [1.165, 1.54) is 0 Å². The molecule has 0 unspecified atom stereocenters. The topological polar surface area (TPSA) is 73.9 Å². The van der Waals surface area contributed by atoms with Gasteiger partial charge in [0.25, 0.3) is 0 Å².